The number of nitrogens with zero attached hydrogens (tertiary/aromatic N) is 2. The Labute approximate surface area is 200 Å². The first-order valence-corrected chi connectivity index (χ1v) is 13.5. The average Bonchev–Trinajstić information content (AvgIpc) is 2.74. The number of benzene rings is 3. The van der Waals surface area contributed by atoms with Crippen LogP contribution in [0.3, 0.4) is 0 Å². The lowest BCUT2D eigenvalue weighted by atomic mass is 9.94. The van der Waals surface area contributed by atoms with E-state index in [4.69, 9.17) is 0 Å². The van der Waals surface area contributed by atoms with E-state index < -0.39 is 20.0 Å². The van der Waals surface area contributed by atoms with Gasteiger partial charge in [0.25, 0.3) is 20.0 Å². The topological polar surface area (TPSA) is 93.0 Å². The van der Waals surface area contributed by atoms with Crippen molar-refractivity contribution in [1.29, 1.82) is 0 Å². The molecule has 174 valence electrons. The van der Waals surface area contributed by atoms with Gasteiger partial charge in [0.15, 0.2) is 0 Å². The fourth-order valence-corrected chi connectivity index (χ4v) is 6.41. The number of hydrogen-bond acceptors (Lipinski definition) is 4. The number of aryl methyl sites for hydroxylation is 4. The van der Waals surface area contributed by atoms with Gasteiger partial charge in [-0.25, -0.2) is 0 Å². The third kappa shape index (κ3) is 4.64. The molecule has 0 saturated carbocycles. The average molecular weight is 493 g/mol. The quantitative estimate of drug-likeness (QED) is 0.521. The third-order valence-corrected chi connectivity index (χ3v) is 8.43. The minimum atomic E-state index is -3.98. The van der Waals surface area contributed by atoms with Gasteiger partial charge in [0, 0.05) is 11.1 Å². The van der Waals surface area contributed by atoms with Gasteiger partial charge in [-0.1, -0.05) is 59.7 Å². The van der Waals surface area contributed by atoms with E-state index in [0.29, 0.717) is 22.3 Å². The molecule has 3 aromatic rings. The van der Waals surface area contributed by atoms with Crippen molar-refractivity contribution in [3.05, 3.63) is 106 Å². The highest BCUT2D eigenvalue weighted by Crippen LogP contribution is 2.25. The van der Waals surface area contributed by atoms with Crippen molar-refractivity contribution >= 4 is 31.5 Å². The maximum Gasteiger partial charge on any atom is 0.283 e. The summed E-state index contributed by atoms with van der Waals surface area (Å²) in [6, 6.07) is 17.0. The van der Waals surface area contributed by atoms with Crippen molar-refractivity contribution in [2.24, 2.45) is 8.80 Å². The lowest BCUT2D eigenvalue weighted by Crippen LogP contribution is -2.16. The van der Waals surface area contributed by atoms with Crippen molar-refractivity contribution in [1.82, 2.24) is 0 Å². The maximum absolute atomic E-state index is 13.1. The molecule has 0 saturated heterocycles. The fourth-order valence-electron chi connectivity index (χ4n) is 3.96. The Morgan fingerprint density at radius 1 is 0.559 bits per heavy atom. The molecule has 0 amide bonds. The first-order valence-electron chi connectivity index (χ1n) is 10.6. The summed E-state index contributed by atoms with van der Waals surface area (Å²) in [5, 5.41) is 0. The van der Waals surface area contributed by atoms with Gasteiger partial charge in [-0.2, -0.15) is 25.6 Å². The first kappa shape index (κ1) is 23.8. The monoisotopic (exact) mass is 492 g/mol. The largest absolute Gasteiger partial charge is 0.283 e. The molecule has 0 N–H and O–H groups in total. The van der Waals surface area contributed by atoms with Crippen LogP contribution in [-0.2, 0) is 20.0 Å². The summed E-state index contributed by atoms with van der Waals surface area (Å²) in [4.78, 5) is 0.265. The van der Waals surface area contributed by atoms with Crippen molar-refractivity contribution in [3.8, 4) is 0 Å². The van der Waals surface area contributed by atoms with Crippen LogP contribution in [0.2, 0.25) is 0 Å². The van der Waals surface area contributed by atoms with E-state index in [9.17, 15) is 16.8 Å². The smallest absolute Gasteiger partial charge is 0.199 e. The van der Waals surface area contributed by atoms with Crippen LogP contribution >= 0.6 is 0 Å². The van der Waals surface area contributed by atoms with Gasteiger partial charge in [0.1, 0.15) is 0 Å². The Hall–Kier alpha value is -3.36. The Balaban J connectivity index is 1.81. The molecule has 0 heterocycles. The molecule has 0 spiro atoms. The van der Waals surface area contributed by atoms with Crippen LogP contribution in [0.25, 0.3) is 0 Å². The molecule has 1 aliphatic carbocycles. The number of rotatable bonds is 4. The summed E-state index contributed by atoms with van der Waals surface area (Å²) in [5.74, 6) is 0. The van der Waals surface area contributed by atoms with Gasteiger partial charge in [-0.15, -0.1) is 0 Å². The van der Waals surface area contributed by atoms with Crippen LogP contribution in [-0.4, -0.2) is 28.3 Å². The molecule has 4 rings (SSSR count). The fraction of sp³-hybridized carbons (Fsp3) is 0.154. The van der Waals surface area contributed by atoms with E-state index in [0.717, 1.165) is 11.1 Å². The lowest BCUT2D eigenvalue weighted by molar-refractivity contribution is 0.595. The summed E-state index contributed by atoms with van der Waals surface area (Å²) < 4.78 is 60.4. The second-order valence-corrected chi connectivity index (χ2v) is 11.5. The third-order valence-electron chi connectivity index (χ3n) is 5.53. The van der Waals surface area contributed by atoms with Crippen LogP contribution < -0.4 is 0 Å². The summed E-state index contributed by atoms with van der Waals surface area (Å²) >= 11 is 0. The van der Waals surface area contributed by atoms with E-state index in [1.54, 1.807) is 74.5 Å². The maximum atomic E-state index is 13.1. The molecule has 34 heavy (non-hydrogen) atoms. The molecule has 0 fully saturated rings. The van der Waals surface area contributed by atoms with Gasteiger partial charge in [0.05, 0.1) is 21.2 Å². The lowest BCUT2D eigenvalue weighted by Gasteiger charge is -2.15. The van der Waals surface area contributed by atoms with Crippen molar-refractivity contribution in [3.63, 3.8) is 0 Å². The van der Waals surface area contributed by atoms with Crippen LogP contribution in [0.4, 0.5) is 0 Å². The second kappa shape index (κ2) is 8.77. The number of fused-ring (bicyclic) bond motifs is 1. The molecule has 0 bridgehead atoms. The molecule has 0 aliphatic heterocycles. The SMILES string of the molecule is Cc1ccc(S(=O)(=O)N=C2C=CC(=NS(=O)(=O)c3ccc(C)cc3C)c3ccccc32)c(C)c1. The molecule has 8 heteroatoms. The van der Waals surface area contributed by atoms with E-state index in [-0.39, 0.29) is 21.2 Å². The van der Waals surface area contributed by atoms with E-state index in [2.05, 4.69) is 8.80 Å². The Kier molecular flexibility index (Phi) is 6.14. The summed E-state index contributed by atoms with van der Waals surface area (Å²) in [5.41, 5.74) is 4.56. The number of sulfonamides is 2. The molecular formula is C26H24N2O4S2. The predicted molar refractivity (Wildman–Crippen MR) is 135 cm³/mol. The van der Waals surface area contributed by atoms with Gasteiger partial charge >= 0.3 is 0 Å². The highest BCUT2D eigenvalue weighted by molar-refractivity contribution is 7.90. The summed E-state index contributed by atoms with van der Waals surface area (Å²) in [6.07, 6.45) is 2.97. The van der Waals surface area contributed by atoms with Crippen LogP contribution in [0.5, 0.6) is 0 Å². The molecule has 0 radical (unpaired) electrons. The zero-order valence-electron chi connectivity index (χ0n) is 19.3. The molecule has 0 atom stereocenters. The van der Waals surface area contributed by atoms with Crippen molar-refractivity contribution in [2.75, 3.05) is 0 Å². The predicted octanol–water partition coefficient (Wildman–Crippen LogP) is 4.85. The molecule has 6 nitrogen and oxygen atoms in total. The highest BCUT2D eigenvalue weighted by atomic mass is 32.2. The number of hydrogen-bond donors (Lipinski definition) is 0. The normalized spacial score (nSPS) is 16.1. The van der Waals surface area contributed by atoms with E-state index >= 15 is 0 Å². The summed E-state index contributed by atoms with van der Waals surface area (Å²) in [7, 11) is -7.95. The summed E-state index contributed by atoms with van der Waals surface area (Å²) in [6.45, 7) is 7.24. The van der Waals surface area contributed by atoms with E-state index in [1.807, 2.05) is 13.8 Å². The van der Waals surface area contributed by atoms with Crippen LogP contribution in [0.1, 0.15) is 33.4 Å². The molecule has 0 aromatic heterocycles. The highest BCUT2D eigenvalue weighted by Gasteiger charge is 2.24. The Bertz CT molecular complexity index is 1490. The molecule has 0 unspecified atom stereocenters. The van der Waals surface area contributed by atoms with Gasteiger partial charge < -0.3 is 0 Å². The van der Waals surface area contributed by atoms with Crippen molar-refractivity contribution in [2.45, 2.75) is 37.5 Å². The second-order valence-electron chi connectivity index (χ2n) is 8.32. The van der Waals surface area contributed by atoms with Gasteiger partial charge in [0.2, 0.25) is 0 Å². The minimum Gasteiger partial charge on any atom is -0.199 e. The zero-order valence-corrected chi connectivity index (χ0v) is 20.9. The standard InChI is InChI=1S/C26H24N2O4S2/c1-17-9-13-25(19(3)15-17)33(29,30)27-23-11-12-24(22-8-6-5-7-21(22)23)28-34(31,32)26-14-10-18(2)16-20(26)4/h5-16H,1-4H3. The zero-order chi connectivity index (χ0) is 24.7. The van der Waals surface area contributed by atoms with Gasteiger partial charge in [-0.05, 0) is 63.1 Å². The number of allylic oxidation sites excluding steroid dienone is 2. The molecule has 1 aliphatic rings. The Morgan fingerprint density at radius 2 is 0.941 bits per heavy atom. The van der Waals surface area contributed by atoms with Crippen LogP contribution in [0, 0.1) is 27.7 Å². The minimum absolute atomic E-state index is 0.133. The Morgan fingerprint density at radius 3 is 1.29 bits per heavy atom. The molecule has 3 aromatic carbocycles. The van der Waals surface area contributed by atoms with Gasteiger partial charge in [-0.3, -0.25) is 0 Å². The first-order chi connectivity index (χ1) is 16.0. The van der Waals surface area contributed by atoms with E-state index in [1.165, 1.54) is 12.2 Å². The van der Waals surface area contributed by atoms with Crippen LogP contribution in [0.15, 0.2) is 91.4 Å². The van der Waals surface area contributed by atoms with Crippen molar-refractivity contribution < 1.29 is 16.8 Å². The molecular weight excluding hydrogens is 468 g/mol.